The fraction of sp³-hybridized carbons (Fsp3) is 0.846. The third kappa shape index (κ3) is 4.88. The first-order chi connectivity index (χ1) is 8.54. The lowest BCUT2D eigenvalue weighted by Gasteiger charge is -2.24. The predicted molar refractivity (Wildman–Crippen MR) is 73.7 cm³/mol. The summed E-state index contributed by atoms with van der Waals surface area (Å²) in [6.07, 6.45) is 3.36. The zero-order chi connectivity index (χ0) is 13.5. The molecule has 0 aromatic rings. The monoisotopic (exact) mass is 273 g/mol. The van der Waals surface area contributed by atoms with Gasteiger partial charge >= 0.3 is 5.97 Å². The van der Waals surface area contributed by atoms with Crippen LogP contribution in [-0.4, -0.2) is 34.5 Å². The van der Waals surface area contributed by atoms with Gasteiger partial charge in [0.25, 0.3) is 0 Å². The quantitative estimate of drug-likeness (QED) is 0.778. The van der Waals surface area contributed by atoms with E-state index in [1.165, 1.54) is 0 Å². The van der Waals surface area contributed by atoms with Crippen molar-refractivity contribution in [2.24, 2.45) is 11.8 Å². The summed E-state index contributed by atoms with van der Waals surface area (Å²) >= 11 is 1.93. The van der Waals surface area contributed by atoms with Crippen LogP contribution in [0.15, 0.2) is 0 Å². The van der Waals surface area contributed by atoms with E-state index >= 15 is 0 Å². The van der Waals surface area contributed by atoms with Crippen LogP contribution in [0.4, 0.5) is 0 Å². The fourth-order valence-corrected chi connectivity index (χ4v) is 3.33. The van der Waals surface area contributed by atoms with E-state index in [4.69, 9.17) is 5.11 Å². The molecular weight excluding hydrogens is 250 g/mol. The molecule has 0 aromatic carbocycles. The highest BCUT2D eigenvalue weighted by molar-refractivity contribution is 7.99. The van der Waals surface area contributed by atoms with Crippen LogP contribution >= 0.6 is 11.8 Å². The molecule has 0 aromatic heterocycles. The number of rotatable bonds is 6. The second kappa shape index (κ2) is 7.67. The Bertz CT molecular complexity index is 290. The van der Waals surface area contributed by atoms with Crippen LogP contribution in [-0.2, 0) is 9.59 Å². The predicted octanol–water partition coefficient (Wildman–Crippen LogP) is 2.14. The van der Waals surface area contributed by atoms with Crippen LogP contribution in [0.1, 0.15) is 39.5 Å². The zero-order valence-electron chi connectivity index (χ0n) is 11.1. The molecule has 0 spiro atoms. The van der Waals surface area contributed by atoms with Crippen LogP contribution in [0.5, 0.6) is 0 Å². The van der Waals surface area contributed by atoms with Gasteiger partial charge in [-0.2, -0.15) is 11.8 Å². The molecule has 4 nitrogen and oxygen atoms in total. The highest BCUT2D eigenvalue weighted by Gasteiger charge is 2.26. The molecule has 104 valence electrons. The van der Waals surface area contributed by atoms with Crippen LogP contribution in [0.25, 0.3) is 0 Å². The summed E-state index contributed by atoms with van der Waals surface area (Å²) in [6, 6.07) is -0.750. The van der Waals surface area contributed by atoms with E-state index in [2.05, 4.69) is 5.32 Å². The van der Waals surface area contributed by atoms with Gasteiger partial charge in [-0.1, -0.05) is 20.3 Å². The van der Waals surface area contributed by atoms with Gasteiger partial charge in [-0.15, -0.1) is 0 Å². The van der Waals surface area contributed by atoms with Crippen LogP contribution < -0.4 is 5.32 Å². The Labute approximate surface area is 113 Å². The van der Waals surface area contributed by atoms with Gasteiger partial charge in [-0.05, 0) is 36.2 Å². The molecule has 1 aliphatic heterocycles. The molecule has 1 amide bonds. The highest BCUT2D eigenvalue weighted by atomic mass is 32.2. The Morgan fingerprint density at radius 1 is 1.39 bits per heavy atom. The first-order valence-electron chi connectivity index (χ1n) is 6.64. The van der Waals surface area contributed by atoms with Gasteiger partial charge in [0.05, 0.1) is 0 Å². The number of carboxylic acids is 1. The number of amides is 1. The van der Waals surface area contributed by atoms with E-state index in [0.717, 1.165) is 30.8 Å². The number of hydrogen-bond acceptors (Lipinski definition) is 3. The van der Waals surface area contributed by atoms with Gasteiger partial charge in [0.2, 0.25) is 5.91 Å². The van der Waals surface area contributed by atoms with Gasteiger partial charge < -0.3 is 10.4 Å². The van der Waals surface area contributed by atoms with Crippen molar-refractivity contribution in [2.45, 2.75) is 45.6 Å². The number of thioether (sulfide) groups is 1. The minimum Gasteiger partial charge on any atom is -0.480 e. The number of hydrogen-bond donors (Lipinski definition) is 2. The molecule has 5 heteroatoms. The maximum Gasteiger partial charge on any atom is 0.326 e. The Morgan fingerprint density at radius 2 is 2.00 bits per heavy atom. The van der Waals surface area contributed by atoms with Crippen LogP contribution in [0.3, 0.4) is 0 Å². The Hall–Kier alpha value is -0.710. The van der Waals surface area contributed by atoms with E-state index in [0.29, 0.717) is 12.3 Å². The van der Waals surface area contributed by atoms with Crippen molar-refractivity contribution in [3.05, 3.63) is 0 Å². The van der Waals surface area contributed by atoms with Gasteiger partial charge in [-0.3, -0.25) is 4.79 Å². The normalized spacial score (nSPS) is 20.1. The van der Waals surface area contributed by atoms with E-state index in [-0.39, 0.29) is 11.8 Å². The van der Waals surface area contributed by atoms with E-state index in [1.54, 1.807) is 0 Å². The smallest absolute Gasteiger partial charge is 0.326 e. The number of carbonyl (C=O) groups excluding carboxylic acids is 1. The van der Waals surface area contributed by atoms with Crippen molar-refractivity contribution in [1.82, 2.24) is 5.32 Å². The molecular formula is C13H23NO3S. The molecule has 1 aliphatic rings. The Kier molecular flexibility index (Phi) is 6.54. The number of carboxylic acid groups (broad SMARTS) is 1. The van der Waals surface area contributed by atoms with E-state index in [1.807, 2.05) is 25.6 Å². The first-order valence-corrected chi connectivity index (χ1v) is 7.80. The second-order valence-corrected chi connectivity index (χ2v) is 6.25. The maximum absolute atomic E-state index is 11.9. The van der Waals surface area contributed by atoms with Crippen molar-refractivity contribution < 1.29 is 14.7 Å². The second-order valence-electron chi connectivity index (χ2n) is 5.03. The minimum absolute atomic E-state index is 0.0339. The summed E-state index contributed by atoms with van der Waals surface area (Å²) in [5, 5.41) is 11.8. The Balaban J connectivity index is 2.42. The standard InChI is InChI=1S/C13H23NO3S/c1-3-9(2)12(13(16)17)14-11(15)8-10-4-6-18-7-5-10/h9-10,12H,3-8H2,1-2H3,(H,14,15)(H,16,17). The highest BCUT2D eigenvalue weighted by Crippen LogP contribution is 2.25. The van der Waals surface area contributed by atoms with Crippen LogP contribution in [0, 0.1) is 11.8 Å². The molecule has 1 saturated heterocycles. The van der Waals surface area contributed by atoms with Crippen molar-refractivity contribution in [1.29, 1.82) is 0 Å². The third-order valence-electron chi connectivity index (χ3n) is 3.61. The average molecular weight is 273 g/mol. The summed E-state index contributed by atoms with van der Waals surface area (Å²) in [4.78, 5) is 23.0. The molecule has 0 bridgehead atoms. The lowest BCUT2D eigenvalue weighted by Crippen LogP contribution is -2.45. The maximum atomic E-state index is 11.9. The van der Waals surface area contributed by atoms with E-state index in [9.17, 15) is 9.59 Å². The summed E-state index contributed by atoms with van der Waals surface area (Å²) in [7, 11) is 0. The van der Waals surface area contributed by atoms with Crippen molar-refractivity contribution in [3.63, 3.8) is 0 Å². The molecule has 2 N–H and O–H groups in total. The summed E-state index contributed by atoms with van der Waals surface area (Å²) < 4.78 is 0. The lowest BCUT2D eigenvalue weighted by atomic mass is 9.96. The number of aliphatic carboxylic acids is 1. The third-order valence-corrected chi connectivity index (χ3v) is 4.66. The molecule has 1 heterocycles. The first kappa shape index (κ1) is 15.3. The summed E-state index contributed by atoms with van der Waals surface area (Å²) in [5.41, 5.74) is 0. The molecule has 1 fully saturated rings. The number of carbonyl (C=O) groups is 2. The molecule has 2 atom stereocenters. The molecule has 18 heavy (non-hydrogen) atoms. The van der Waals surface area contributed by atoms with E-state index < -0.39 is 12.0 Å². The molecule has 1 rings (SSSR count). The van der Waals surface area contributed by atoms with Crippen molar-refractivity contribution >= 4 is 23.6 Å². The largest absolute Gasteiger partial charge is 0.480 e. The lowest BCUT2D eigenvalue weighted by molar-refractivity contribution is -0.143. The minimum atomic E-state index is -0.933. The molecule has 0 aliphatic carbocycles. The van der Waals surface area contributed by atoms with Gasteiger partial charge in [0.1, 0.15) is 6.04 Å². The summed E-state index contributed by atoms with van der Waals surface area (Å²) in [5.74, 6) is 1.58. The van der Waals surface area contributed by atoms with Gasteiger partial charge in [0.15, 0.2) is 0 Å². The van der Waals surface area contributed by atoms with Crippen LogP contribution in [0.2, 0.25) is 0 Å². The Morgan fingerprint density at radius 3 is 2.50 bits per heavy atom. The van der Waals surface area contributed by atoms with Crippen molar-refractivity contribution in [3.8, 4) is 0 Å². The zero-order valence-corrected chi connectivity index (χ0v) is 12.0. The average Bonchev–Trinajstić information content (AvgIpc) is 2.36. The molecule has 0 radical (unpaired) electrons. The topological polar surface area (TPSA) is 66.4 Å². The molecule has 2 unspecified atom stereocenters. The SMILES string of the molecule is CCC(C)C(NC(=O)CC1CCSCC1)C(=O)O. The van der Waals surface area contributed by atoms with Gasteiger partial charge in [-0.25, -0.2) is 4.79 Å². The fourth-order valence-electron chi connectivity index (χ4n) is 2.13. The number of nitrogens with one attached hydrogen (secondary N) is 1. The van der Waals surface area contributed by atoms with Crippen molar-refractivity contribution in [2.75, 3.05) is 11.5 Å². The summed E-state index contributed by atoms with van der Waals surface area (Å²) in [6.45, 7) is 3.79. The van der Waals surface area contributed by atoms with Gasteiger partial charge in [0, 0.05) is 6.42 Å². The molecule has 0 saturated carbocycles.